The number of rotatable bonds is 19. The van der Waals surface area contributed by atoms with E-state index in [0.29, 0.717) is 9.48 Å². The van der Waals surface area contributed by atoms with Crippen molar-refractivity contribution in [3.63, 3.8) is 0 Å². The molecule has 31 heteroatoms. The normalized spacial score (nSPS) is 15.2. The number of aromatic carboxylic acids is 1. The number of carboxylic acid groups (broad SMARTS) is 1. The van der Waals surface area contributed by atoms with Crippen molar-refractivity contribution < 1.29 is 128 Å². The molecule has 0 unspecified atom stereocenters. The molecule has 0 aromatic heterocycles. The van der Waals surface area contributed by atoms with Crippen LogP contribution in [0.4, 0.5) is 120 Å². The fourth-order valence-electron chi connectivity index (χ4n) is 6.85. The minimum Gasteiger partial charge on any atom is -0.478 e. The predicted molar refractivity (Wildman–Crippen MR) is 195 cm³/mol. The van der Waals surface area contributed by atoms with Crippen molar-refractivity contribution in [2.45, 2.75) is 98.3 Å². The summed E-state index contributed by atoms with van der Waals surface area (Å²) in [6.45, 7) is -2.34. The van der Waals surface area contributed by atoms with Crippen molar-refractivity contribution in [2.75, 3.05) is 31.1 Å². The Hall–Kier alpha value is -5.42. The average Bonchev–Trinajstić information content (AvgIpc) is 3.24. The molecule has 1 heterocycles. The second-order valence-corrected chi connectivity index (χ2v) is 15.3. The highest BCUT2D eigenvalue weighted by atomic mass is 19.4. The highest BCUT2D eigenvalue weighted by Crippen LogP contribution is 2.62. The molecule has 1 aliphatic carbocycles. The van der Waals surface area contributed by atoms with E-state index in [0.717, 1.165) is 56.3 Å². The Kier molecular flexibility index (Phi) is 15.0. The van der Waals surface area contributed by atoms with Crippen LogP contribution in [0.2, 0.25) is 0 Å². The number of hydrogen-bond acceptors (Lipinski definition) is 3. The van der Waals surface area contributed by atoms with Crippen LogP contribution < -0.4 is 14.8 Å². The average molecular weight is 1080 g/mol. The van der Waals surface area contributed by atoms with Gasteiger partial charge in [0.05, 0.1) is 18.1 Å². The molecular weight excluding hydrogens is 1050 g/mol. The standard InChI is InChI=1S/C40H28F26N2O3/c1-3-67(15-13-29(41,42)31(45,46)33(49,50)35(53,54)37(57,58)39(61,62)63)19-9-11-23-25(17-19)71-26-18-20(10-12-24(26)27(23)21-7-5-6-8-22(21)28(69)70)68(4-2)16-14-30(43,44)32(47,48)34(51,52)36(55,56)38(59,60)40(64,65)66/h5-12,17-18H,3-4,13-16H2,1-2H3/p+1. The van der Waals surface area contributed by atoms with Gasteiger partial charge < -0.3 is 14.4 Å². The highest BCUT2D eigenvalue weighted by Gasteiger charge is 2.92. The molecule has 0 saturated heterocycles. The van der Waals surface area contributed by atoms with E-state index in [4.69, 9.17) is 4.42 Å². The zero-order valence-corrected chi connectivity index (χ0v) is 35.0. The number of halogens is 26. The van der Waals surface area contributed by atoms with Crippen molar-refractivity contribution in [3.05, 3.63) is 71.6 Å². The molecule has 71 heavy (non-hydrogen) atoms. The maximum atomic E-state index is 14.8. The molecule has 1 aliphatic heterocycles. The molecule has 0 radical (unpaired) electrons. The van der Waals surface area contributed by atoms with E-state index in [-0.39, 0.29) is 22.1 Å². The van der Waals surface area contributed by atoms with Gasteiger partial charge in [0.25, 0.3) is 0 Å². The van der Waals surface area contributed by atoms with Crippen molar-refractivity contribution in [1.29, 1.82) is 0 Å². The third kappa shape index (κ3) is 9.22. The topological polar surface area (TPSA) is 56.7 Å². The summed E-state index contributed by atoms with van der Waals surface area (Å²) >= 11 is 0. The zero-order chi connectivity index (χ0) is 54.9. The fraction of sp³-hybridized carbons (Fsp3) is 0.500. The molecule has 5 nitrogen and oxygen atoms in total. The molecule has 398 valence electrons. The third-order valence-corrected chi connectivity index (χ3v) is 11.0. The molecule has 2 aromatic carbocycles. The van der Waals surface area contributed by atoms with Crippen molar-refractivity contribution in [3.8, 4) is 22.5 Å². The van der Waals surface area contributed by atoms with Gasteiger partial charge in [0.1, 0.15) is 24.4 Å². The van der Waals surface area contributed by atoms with Gasteiger partial charge in [-0.1, -0.05) is 18.2 Å². The van der Waals surface area contributed by atoms with Crippen LogP contribution >= 0.6 is 0 Å². The quantitative estimate of drug-likeness (QED) is 0.0578. The van der Waals surface area contributed by atoms with Gasteiger partial charge in [-0.05, 0) is 43.7 Å². The Morgan fingerprint density at radius 3 is 1.46 bits per heavy atom. The first-order valence-electron chi connectivity index (χ1n) is 19.4. The van der Waals surface area contributed by atoms with E-state index >= 15 is 0 Å². The molecule has 2 aromatic rings. The Morgan fingerprint density at radius 1 is 0.549 bits per heavy atom. The number of carbonyl (C=O) groups is 1. The molecular formula is C40H29F26N2O3+. The summed E-state index contributed by atoms with van der Waals surface area (Å²) in [5, 5.41) is 9.36. The summed E-state index contributed by atoms with van der Waals surface area (Å²) in [4.78, 5) is 12.9. The largest absolute Gasteiger partial charge is 0.478 e. The zero-order valence-electron chi connectivity index (χ0n) is 35.0. The second kappa shape index (κ2) is 18.3. The lowest BCUT2D eigenvalue weighted by molar-refractivity contribution is -0.440. The minimum atomic E-state index is -8.16. The Morgan fingerprint density at radius 2 is 1.01 bits per heavy atom. The summed E-state index contributed by atoms with van der Waals surface area (Å²) < 4.78 is 364. The molecule has 0 amide bonds. The maximum absolute atomic E-state index is 14.8. The van der Waals surface area contributed by atoms with Gasteiger partial charge in [-0.3, -0.25) is 0 Å². The molecule has 0 bridgehead atoms. The lowest BCUT2D eigenvalue weighted by atomic mass is 9.90. The van der Waals surface area contributed by atoms with E-state index in [9.17, 15) is 124 Å². The smallest absolute Gasteiger partial charge is 0.460 e. The van der Waals surface area contributed by atoms with E-state index in [2.05, 4.69) is 0 Å². The van der Waals surface area contributed by atoms with Gasteiger partial charge >= 0.3 is 77.5 Å². The number of benzene rings is 3. The van der Waals surface area contributed by atoms with Crippen LogP contribution in [-0.4, -0.2) is 109 Å². The van der Waals surface area contributed by atoms with Crippen LogP contribution in [0, 0.1) is 0 Å². The van der Waals surface area contributed by atoms with Gasteiger partial charge in [0.2, 0.25) is 5.36 Å². The lowest BCUT2D eigenvalue weighted by Crippen LogP contribution is -2.70. The summed E-state index contributed by atoms with van der Waals surface area (Å²) in [5.41, 5.74) is -1.91. The van der Waals surface area contributed by atoms with Gasteiger partial charge in [-0.2, -0.15) is 114 Å². The maximum Gasteiger partial charge on any atom is 0.460 e. The monoisotopic (exact) mass is 1080 g/mol. The third-order valence-electron chi connectivity index (χ3n) is 11.0. The summed E-state index contributed by atoms with van der Waals surface area (Å²) in [5.74, 6) is -78.7. The summed E-state index contributed by atoms with van der Waals surface area (Å²) in [7, 11) is 0. The molecule has 1 N–H and O–H groups in total. The molecule has 2 aliphatic rings. The first kappa shape index (κ1) is 58.2. The summed E-state index contributed by atoms with van der Waals surface area (Å²) in [6.07, 6.45) is -20.6. The van der Waals surface area contributed by atoms with Gasteiger partial charge in [-0.25, -0.2) is 9.37 Å². The van der Waals surface area contributed by atoms with Crippen LogP contribution in [0.25, 0.3) is 33.4 Å². The minimum absolute atomic E-state index is 0.140. The first-order valence-corrected chi connectivity index (χ1v) is 19.4. The summed E-state index contributed by atoms with van der Waals surface area (Å²) in [6, 6.07) is 10.4. The van der Waals surface area contributed by atoms with E-state index in [1.54, 1.807) is 0 Å². The van der Waals surface area contributed by atoms with Crippen LogP contribution in [-0.2, 0) is 0 Å². The van der Waals surface area contributed by atoms with E-state index in [1.165, 1.54) is 18.2 Å². The molecule has 0 atom stereocenters. The predicted octanol–water partition coefficient (Wildman–Crippen LogP) is 13.8. The highest BCUT2D eigenvalue weighted by molar-refractivity contribution is 6.07. The number of hydrogen-bond donors (Lipinski definition) is 1. The van der Waals surface area contributed by atoms with Gasteiger partial charge in [-0.15, -0.1) is 0 Å². The SMILES string of the molecule is CCN(CCC(F)(F)C(F)(F)C(F)(F)C(F)(F)C(F)(F)C(F)(F)F)c1ccc2c(-c3ccccc3C(=O)O)c3ccc(=[N+](CC)CCC(F)(F)C(F)(F)C(F)(F)C(F)(F)C(F)(F)C(F)(F)F)cc-3oc2c1. The number of nitrogens with zero attached hydrogens (tertiary/aromatic N) is 2. The molecule has 0 saturated carbocycles. The Labute approximate surface area is 379 Å². The van der Waals surface area contributed by atoms with E-state index in [1.807, 2.05) is 0 Å². The van der Waals surface area contributed by atoms with Crippen LogP contribution in [0.3, 0.4) is 0 Å². The number of fused-ring (bicyclic) bond motifs is 2. The fourth-order valence-corrected chi connectivity index (χ4v) is 6.85. The lowest BCUT2D eigenvalue weighted by Gasteiger charge is -2.40. The van der Waals surface area contributed by atoms with Crippen LogP contribution in [0.1, 0.15) is 37.0 Å². The number of alkyl halides is 26. The van der Waals surface area contributed by atoms with Crippen molar-refractivity contribution in [1.82, 2.24) is 4.58 Å². The van der Waals surface area contributed by atoms with Crippen molar-refractivity contribution >= 4 is 22.6 Å². The second-order valence-electron chi connectivity index (χ2n) is 15.3. The molecule has 4 rings (SSSR count). The van der Waals surface area contributed by atoms with Gasteiger partial charge in [0.15, 0.2) is 0 Å². The molecule has 0 spiro atoms. The van der Waals surface area contributed by atoms with Crippen LogP contribution in [0.5, 0.6) is 0 Å². The Balaban J connectivity index is 1.86. The van der Waals surface area contributed by atoms with Crippen LogP contribution in [0.15, 0.2) is 65.1 Å². The van der Waals surface area contributed by atoms with Crippen molar-refractivity contribution in [2.24, 2.45) is 0 Å². The van der Waals surface area contributed by atoms with Gasteiger partial charge in [0, 0.05) is 53.8 Å². The Bertz CT molecular complexity index is 2630. The number of anilines is 1. The number of carboxylic acids is 1. The van der Waals surface area contributed by atoms with E-state index < -0.39 is 145 Å². The first-order chi connectivity index (χ1) is 31.8. The molecule has 0 fully saturated rings.